The molecule has 0 aliphatic carbocycles. The Bertz CT molecular complexity index is 1060. The van der Waals surface area contributed by atoms with E-state index in [2.05, 4.69) is 50.4 Å². The third kappa shape index (κ3) is 2.73. The molecule has 120 valence electrons. The number of aromatic nitrogens is 3. The maximum absolute atomic E-state index is 7.21. The first-order valence-corrected chi connectivity index (χ1v) is 8.02. The van der Waals surface area contributed by atoms with Crippen LogP contribution in [0.25, 0.3) is 27.6 Å². The smallest absolute Gasteiger partial charge is 0.187 e. The van der Waals surface area contributed by atoms with Gasteiger partial charge in [-0.3, -0.25) is 4.57 Å². The van der Waals surface area contributed by atoms with Gasteiger partial charge in [0.25, 0.3) is 0 Å². The SMILES string of the molecule is [C-]#[N+]c1cccc(-c2nccn2-c2cn(-c3ccccc3)cc2C)c1. The first-order valence-electron chi connectivity index (χ1n) is 8.02. The molecule has 4 nitrogen and oxygen atoms in total. The molecular weight excluding hydrogens is 308 g/mol. The van der Waals surface area contributed by atoms with Crippen molar-refractivity contribution in [2.45, 2.75) is 6.92 Å². The topological polar surface area (TPSA) is 27.1 Å². The van der Waals surface area contributed by atoms with Crippen molar-refractivity contribution < 1.29 is 0 Å². The quantitative estimate of drug-likeness (QED) is 0.476. The highest BCUT2D eigenvalue weighted by Gasteiger charge is 2.12. The van der Waals surface area contributed by atoms with Crippen molar-refractivity contribution >= 4 is 5.69 Å². The second-order valence-electron chi connectivity index (χ2n) is 5.85. The van der Waals surface area contributed by atoms with Gasteiger partial charge in [0.2, 0.25) is 0 Å². The maximum atomic E-state index is 7.21. The van der Waals surface area contributed by atoms with Gasteiger partial charge in [-0.2, -0.15) is 0 Å². The molecule has 2 heterocycles. The van der Waals surface area contributed by atoms with Crippen LogP contribution in [-0.2, 0) is 0 Å². The number of imidazole rings is 1. The Labute approximate surface area is 146 Å². The van der Waals surface area contributed by atoms with E-state index >= 15 is 0 Å². The van der Waals surface area contributed by atoms with Gasteiger partial charge in [-0.15, -0.1) is 0 Å². The van der Waals surface area contributed by atoms with E-state index in [0.717, 1.165) is 28.3 Å². The van der Waals surface area contributed by atoms with Crippen molar-refractivity contribution in [2.75, 3.05) is 0 Å². The highest BCUT2D eigenvalue weighted by Crippen LogP contribution is 2.27. The summed E-state index contributed by atoms with van der Waals surface area (Å²) in [6, 6.07) is 17.8. The Kier molecular flexibility index (Phi) is 3.68. The zero-order chi connectivity index (χ0) is 17.2. The fourth-order valence-electron chi connectivity index (χ4n) is 2.97. The number of nitrogens with zero attached hydrogens (tertiary/aromatic N) is 4. The lowest BCUT2D eigenvalue weighted by Crippen LogP contribution is -1.96. The van der Waals surface area contributed by atoms with Crippen molar-refractivity contribution in [1.29, 1.82) is 0 Å². The van der Waals surface area contributed by atoms with Crippen molar-refractivity contribution in [3.63, 3.8) is 0 Å². The Balaban J connectivity index is 1.81. The number of rotatable bonds is 3. The second kappa shape index (κ2) is 6.14. The Morgan fingerprint density at radius 1 is 1.00 bits per heavy atom. The van der Waals surface area contributed by atoms with E-state index in [9.17, 15) is 0 Å². The molecule has 4 aromatic rings. The molecule has 0 N–H and O–H groups in total. The second-order valence-corrected chi connectivity index (χ2v) is 5.85. The molecule has 4 heteroatoms. The van der Waals surface area contributed by atoms with Crippen LogP contribution in [0.3, 0.4) is 0 Å². The number of benzene rings is 2. The molecule has 0 amide bonds. The number of para-hydroxylation sites is 1. The summed E-state index contributed by atoms with van der Waals surface area (Å²) in [6.07, 6.45) is 7.97. The largest absolute Gasteiger partial charge is 0.321 e. The van der Waals surface area contributed by atoms with Crippen LogP contribution in [0.4, 0.5) is 5.69 Å². The first kappa shape index (κ1) is 15.0. The molecule has 0 atom stereocenters. The van der Waals surface area contributed by atoms with Crippen LogP contribution in [0.1, 0.15) is 5.56 Å². The molecule has 2 aromatic heterocycles. The van der Waals surface area contributed by atoms with Gasteiger partial charge in [0.05, 0.1) is 12.3 Å². The lowest BCUT2D eigenvalue weighted by molar-refractivity contribution is 1.03. The van der Waals surface area contributed by atoms with Crippen LogP contribution >= 0.6 is 0 Å². The predicted molar refractivity (Wildman–Crippen MR) is 99.3 cm³/mol. The maximum Gasteiger partial charge on any atom is 0.187 e. The third-order valence-corrected chi connectivity index (χ3v) is 4.19. The van der Waals surface area contributed by atoms with Crippen LogP contribution in [-0.4, -0.2) is 14.1 Å². The van der Waals surface area contributed by atoms with Crippen LogP contribution in [0.2, 0.25) is 0 Å². The summed E-state index contributed by atoms with van der Waals surface area (Å²) in [5.41, 5.74) is 4.90. The molecule has 0 saturated carbocycles. The number of hydrogen-bond acceptors (Lipinski definition) is 1. The van der Waals surface area contributed by atoms with Gasteiger partial charge in [0.15, 0.2) is 5.69 Å². The molecule has 0 bridgehead atoms. The van der Waals surface area contributed by atoms with Gasteiger partial charge >= 0.3 is 0 Å². The molecule has 2 aromatic carbocycles. The summed E-state index contributed by atoms with van der Waals surface area (Å²) in [7, 11) is 0. The summed E-state index contributed by atoms with van der Waals surface area (Å²) in [5, 5.41) is 0. The van der Waals surface area contributed by atoms with Gasteiger partial charge in [-0.1, -0.05) is 36.4 Å². The highest BCUT2D eigenvalue weighted by molar-refractivity contribution is 5.65. The van der Waals surface area contributed by atoms with E-state index in [0.29, 0.717) is 5.69 Å². The van der Waals surface area contributed by atoms with E-state index in [1.165, 1.54) is 0 Å². The van der Waals surface area contributed by atoms with Crippen molar-refractivity contribution in [2.24, 2.45) is 0 Å². The highest BCUT2D eigenvalue weighted by atomic mass is 15.1. The number of hydrogen-bond donors (Lipinski definition) is 0. The standard InChI is InChI=1S/C21H16N4/c1-16-14-24(19-9-4-3-5-10-19)15-20(16)25-12-11-23-21(25)17-7-6-8-18(13-17)22-2/h3-15H,1H3. The minimum absolute atomic E-state index is 0.616. The van der Waals surface area contributed by atoms with E-state index in [1.54, 1.807) is 12.3 Å². The monoisotopic (exact) mass is 324 g/mol. The fraction of sp³-hybridized carbons (Fsp3) is 0.0476. The molecule has 0 aliphatic heterocycles. The molecular formula is C21H16N4. The minimum Gasteiger partial charge on any atom is -0.321 e. The van der Waals surface area contributed by atoms with Gasteiger partial charge in [0, 0.05) is 36.0 Å². The zero-order valence-corrected chi connectivity index (χ0v) is 13.8. The molecule has 0 spiro atoms. The minimum atomic E-state index is 0.616. The number of aryl methyl sites for hydroxylation is 1. The molecule has 0 aliphatic rings. The first-order chi connectivity index (χ1) is 12.3. The average molecular weight is 324 g/mol. The Hall–Kier alpha value is -3.58. The average Bonchev–Trinajstić information content (AvgIpc) is 3.29. The summed E-state index contributed by atoms with van der Waals surface area (Å²) >= 11 is 0. The summed E-state index contributed by atoms with van der Waals surface area (Å²) in [6.45, 7) is 9.30. The summed E-state index contributed by atoms with van der Waals surface area (Å²) in [5.74, 6) is 0.833. The molecule has 25 heavy (non-hydrogen) atoms. The van der Waals surface area contributed by atoms with Gasteiger partial charge in [0.1, 0.15) is 5.82 Å². The van der Waals surface area contributed by atoms with Crippen LogP contribution < -0.4 is 0 Å². The van der Waals surface area contributed by atoms with Crippen molar-refractivity contribution in [3.05, 3.63) is 96.4 Å². The van der Waals surface area contributed by atoms with Crippen LogP contribution in [0.5, 0.6) is 0 Å². The van der Waals surface area contributed by atoms with Crippen LogP contribution in [0, 0.1) is 13.5 Å². The van der Waals surface area contributed by atoms with Crippen molar-refractivity contribution in [3.8, 4) is 22.8 Å². The molecule has 0 saturated heterocycles. The van der Waals surface area contributed by atoms with E-state index in [-0.39, 0.29) is 0 Å². The zero-order valence-electron chi connectivity index (χ0n) is 13.8. The van der Waals surface area contributed by atoms with E-state index < -0.39 is 0 Å². The molecule has 0 fully saturated rings. The molecule has 4 rings (SSSR count). The van der Waals surface area contributed by atoms with E-state index in [4.69, 9.17) is 6.57 Å². The lowest BCUT2D eigenvalue weighted by atomic mass is 10.2. The van der Waals surface area contributed by atoms with E-state index in [1.807, 2.05) is 42.6 Å². The Morgan fingerprint density at radius 3 is 2.64 bits per heavy atom. The lowest BCUT2D eigenvalue weighted by Gasteiger charge is -2.08. The van der Waals surface area contributed by atoms with Gasteiger partial charge < -0.3 is 4.57 Å². The third-order valence-electron chi connectivity index (χ3n) is 4.19. The predicted octanol–water partition coefficient (Wildman–Crippen LogP) is 5.19. The van der Waals surface area contributed by atoms with Crippen LogP contribution in [0.15, 0.2) is 79.4 Å². The normalized spacial score (nSPS) is 10.6. The van der Waals surface area contributed by atoms with Gasteiger partial charge in [-0.05, 0) is 30.7 Å². The van der Waals surface area contributed by atoms with Crippen molar-refractivity contribution in [1.82, 2.24) is 14.1 Å². The summed E-state index contributed by atoms with van der Waals surface area (Å²) < 4.78 is 4.18. The molecule has 0 unspecified atom stereocenters. The van der Waals surface area contributed by atoms with Gasteiger partial charge in [-0.25, -0.2) is 9.83 Å². The Morgan fingerprint density at radius 2 is 1.84 bits per heavy atom. The summed E-state index contributed by atoms with van der Waals surface area (Å²) in [4.78, 5) is 8.03. The fourth-order valence-corrected chi connectivity index (χ4v) is 2.97. The molecule has 0 radical (unpaired) electrons.